The summed E-state index contributed by atoms with van der Waals surface area (Å²) in [5.74, 6) is 0.824. The summed E-state index contributed by atoms with van der Waals surface area (Å²) in [4.78, 5) is 14.4. The van der Waals surface area contributed by atoms with Gasteiger partial charge in [-0.3, -0.25) is 14.8 Å². The van der Waals surface area contributed by atoms with Crippen molar-refractivity contribution in [1.82, 2.24) is 15.1 Å². The van der Waals surface area contributed by atoms with Crippen molar-refractivity contribution in [2.24, 2.45) is 7.05 Å². The highest BCUT2D eigenvalue weighted by molar-refractivity contribution is 6.30. The minimum absolute atomic E-state index is 0.0542. The minimum Gasteiger partial charge on any atom is -0.496 e. The monoisotopic (exact) mass is 348 g/mol. The standard InChI is InChI=1S/C17H21ClN4O2/c1-11(14-8-12(18)4-5-16(14)24-3)20-15-6-7-22(17(15)23)13-9-19-21(2)10-13/h4-5,8-11,15,20H,6-7H2,1-3H3/t11-,15+/m0/s1. The van der Waals surface area contributed by atoms with Crippen LogP contribution in [0.25, 0.3) is 0 Å². The van der Waals surface area contributed by atoms with Crippen molar-refractivity contribution in [1.29, 1.82) is 0 Å². The molecule has 1 N–H and O–H groups in total. The van der Waals surface area contributed by atoms with Crippen molar-refractivity contribution in [3.8, 4) is 5.75 Å². The second kappa shape index (κ2) is 6.83. The van der Waals surface area contributed by atoms with Crippen LogP contribution in [0.1, 0.15) is 24.9 Å². The number of carbonyl (C=O) groups excluding carboxylic acids is 1. The first-order valence-corrected chi connectivity index (χ1v) is 8.27. The van der Waals surface area contributed by atoms with Crippen molar-refractivity contribution >= 4 is 23.2 Å². The van der Waals surface area contributed by atoms with Crippen LogP contribution in [0.5, 0.6) is 5.75 Å². The minimum atomic E-state index is -0.233. The Labute approximate surface area is 146 Å². The Kier molecular flexibility index (Phi) is 4.78. The Morgan fingerprint density at radius 1 is 1.46 bits per heavy atom. The van der Waals surface area contributed by atoms with Gasteiger partial charge in [0.2, 0.25) is 5.91 Å². The molecule has 0 unspecified atom stereocenters. The van der Waals surface area contributed by atoms with Gasteiger partial charge in [-0.1, -0.05) is 11.6 Å². The molecule has 2 heterocycles. The van der Waals surface area contributed by atoms with E-state index in [1.165, 1.54) is 0 Å². The number of methoxy groups -OCH3 is 1. The first kappa shape index (κ1) is 16.8. The largest absolute Gasteiger partial charge is 0.496 e. The summed E-state index contributed by atoms with van der Waals surface area (Å²) < 4.78 is 7.10. The van der Waals surface area contributed by atoms with Gasteiger partial charge < -0.3 is 9.64 Å². The molecule has 6 nitrogen and oxygen atoms in total. The highest BCUT2D eigenvalue weighted by Gasteiger charge is 2.34. The molecule has 0 aliphatic carbocycles. The number of carbonyl (C=O) groups is 1. The van der Waals surface area contributed by atoms with Crippen LogP contribution in [0.2, 0.25) is 5.02 Å². The number of aromatic nitrogens is 2. The molecule has 128 valence electrons. The van der Waals surface area contributed by atoms with Crippen LogP contribution in [-0.2, 0) is 11.8 Å². The van der Waals surface area contributed by atoms with Crippen molar-refractivity contribution in [2.45, 2.75) is 25.4 Å². The van der Waals surface area contributed by atoms with E-state index in [4.69, 9.17) is 16.3 Å². The van der Waals surface area contributed by atoms with Crippen molar-refractivity contribution in [2.75, 3.05) is 18.6 Å². The van der Waals surface area contributed by atoms with Crippen LogP contribution in [0.15, 0.2) is 30.6 Å². The maximum atomic E-state index is 12.7. The lowest BCUT2D eigenvalue weighted by Crippen LogP contribution is -2.39. The van der Waals surface area contributed by atoms with E-state index in [9.17, 15) is 4.79 Å². The number of rotatable bonds is 5. The molecule has 1 aromatic carbocycles. The van der Waals surface area contributed by atoms with E-state index in [1.807, 2.05) is 32.3 Å². The van der Waals surface area contributed by atoms with Crippen LogP contribution in [0.4, 0.5) is 5.69 Å². The van der Waals surface area contributed by atoms with Gasteiger partial charge >= 0.3 is 0 Å². The number of anilines is 1. The molecule has 1 amide bonds. The number of benzene rings is 1. The van der Waals surface area contributed by atoms with Crippen LogP contribution >= 0.6 is 11.6 Å². The fraction of sp³-hybridized carbons (Fsp3) is 0.412. The molecular weight excluding hydrogens is 328 g/mol. The lowest BCUT2D eigenvalue weighted by atomic mass is 10.1. The van der Waals surface area contributed by atoms with Gasteiger partial charge in [-0.15, -0.1) is 0 Å². The summed E-state index contributed by atoms with van der Waals surface area (Å²) in [5.41, 5.74) is 1.78. The number of nitrogens with one attached hydrogen (secondary N) is 1. The number of nitrogens with zero attached hydrogens (tertiary/aromatic N) is 3. The Bertz CT molecular complexity index is 746. The number of aryl methyl sites for hydroxylation is 1. The Hall–Kier alpha value is -2.05. The van der Waals surface area contributed by atoms with Gasteiger partial charge in [0.1, 0.15) is 5.75 Å². The lowest BCUT2D eigenvalue weighted by molar-refractivity contribution is -0.119. The van der Waals surface area contributed by atoms with E-state index < -0.39 is 0 Å². The van der Waals surface area contributed by atoms with Crippen LogP contribution in [0, 0.1) is 0 Å². The number of amides is 1. The molecule has 1 aliphatic heterocycles. The van der Waals surface area contributed by atoms with E-state index in [0.29, 0.717) is 11.6 Å². The lowest BCUT2D eigenvalue weighted by Gasteiger charge is -2.21. The smallest absolute Gasteiger partial charge is 0.244 e. The number of halogens is 1. The van der Waals surface area contributed by atoms with E-state index in [-0.39, 0.29) is 18.0 Å². The molecule has 1 aliphatic rings. The van der Waals surface area contributed by atoms with Crippen LogP contribution < -0.4 is 15.0 Å². The molecule has 24 heavy (non-hydrogen) atoms. The van der Waals surface area contributed by atoms with Gasteiger partial charge in [0, 0.05) is 36.4 Å². The van der Waals surface area contributed by atoms with E-state index in [0.717, 1.165) is 23.4 Å². The molecule has 2 aromatic rings. The highest BCUT2D eigenvalue weighted by atomic mass is 35.5. The van der Waals surface area contributed by atoms with Gasteiger partial charge in [-0.25, -0.2) is 0 Å². The predicted octanol–water partition coefficient (Wildman–Crippen LogP) is 2.54. The second-order valence-electron chi connectivity index (χ2n) is 5.98. The molecule has 0 bridgehead atoms. The van der Waals surface area contributed by atoms with Gasteiger partial charge in [0.25, 0.3) is 0 Å². The maximum Gasteiger partial charge on any atom is 0.244 e. The second-order valence-corrected chi connectivity index (χ2v) is 6.41. The number of ether oxygens (including phenoxy) is 1. The number of hydrogen-bond acceptors (Lipinski definition) is 4. The molecule has 0 radical (unpaired) electrons. The first-order chi connectivity index (χ1) is 11.5. The van der Waals surface area contributed by atoms with Gasteiger partial charge in [0.05, 0.1) is 25.0 Å². The predicted molar refractivity (Wildman–Crippen MR) is 93.5 cm³/mol. The molecule has 1 aromatic heterocycles. The third-order valence-electron chi connectivity index (χ3n) is 4.32. The summed E-state index contributed by atoms with van der Waals surface area (Å²) in [6.07, 6.45) is 4.31. The fourth-order valence-corrected chi connectivity index (χ4v) is 3.25. The summed E-state index contributed by atoms with van der Waals surface area (Å²) in [6.45, 7) is 2.69. The quantitative estimate of drug-likeness (QED) is 0.902. The molecule has 1 fully saturated rings. The van der Waals surface area contributed by atoms with E-state index >= 15 is 0 Å². The van der Waals surface area contributed by atoms with Crippen LogP contribution in [-0.4, -0.2) is 35.4 Å². The maximum absolute atomic E-state index is 12.7. The van der Waals surface area contributed by atoms with E-state index in [2.05, 4.69) is 10.4 Å². The van der Waals surface area contributed by atoms with Crippen molar-refractivity contribution in [3.05, 3.63) is 41.2 Å². The zero-order valence-corrected chi connectivity index (χ0v) is 14.7. The average Bonchev–Trinajstić information content (AvgIpc) is 3.14. The molecule has 0 spiro atoms. The Morgan fingerprint density at radius 3 is 2.92 bits per heavy atom. The average molecular weight is 349 g/mol. The first-order valence-electron chi connectivity index (χ1n) is 7.89. The Morgan fingerprint density at radius 2 is 2.25 bits per heavy atom. The molecule has 2 atom stereocenters. The van der Waals surface area contributed by atoms with Gasteiger partial charge in [-0.05, 0) is 31.5 Å². The van der Waals surface area contributed by atoms with Crippen LogP contribution in [0.3, 0.4) is 0 Å². The molecular formula is C17H21ClN4O2. The van der Waals surface area contributed by atoms with Gasteiger partial charge in [0.15, 0.2) is 0 Å². The van der Waals surface area contributed by atoms with Gasteiger partial charge in [-0.2, -0.15) is 5.10 Å². The SMILES string of the molecule is COc1ccc(Cl)cc1[C@H](C)N[C@@H]1CCN(c2cnn(C)c2)C1=O. The molecule has 1 saturated heterocycles. The van der Waals surface area contributed by atoms with Crippen molar-refractivity contribution in [3.63, 3.8) is 0 Å². The zero-order chi connectivity index (χ0) is 17.3. The normalized spacial score (nSPS) is 18.9. The fourth-order valence-electron chi connectivity index (χ4n) is 3.07. The topological polar surface area (TPSA) is 59.4 Å². The summed E-state index contributed by atoms with van der Waals surface area (Å²) >= 11 is 6.10. The zero-order valence-electron chi connectivity index (χ0n) is 14.0. The van der Waals surface area contributed by atoms with E-state index in [1.54, 1.807) is 29.0 Å². The molecule has 7 heteroatoms. The summed E-state index contributed by atoms with van der Waals surface area (Å²) in [6, 6.07) is 5.22. The molecule has 0 saturated carbocycles. The summed E-state index contributed by atoms with van der Waals surface area (Å²) in [7, 11) is 3.47. The Balaban J connectivity index is 1.72. The molecule has 3 rings (SSSR count). The third-order valence-corrected chi connectivity index (χ3v) is 4.55. The van der Waals surface area contributed by atoms with Crippen molar-refractivity contribution < 1.29 is 9.53 Å². The highest BCUT2D eigenvalue weighted by Crippen LogP contribution is 2.30. The summed E-state index contributed by atoms with van der Waals surface area (Å²) in [5, 5.41) is 8.18. The third kappa shape index (κ3) is 3.25. The number of hydrogen-bond donors (Lipinski definition) is 1.